The largest absolute Gasteiger partial charge is 0.481 e. The summed E-state index contributed by atoms with van der Waals surface area (Å²) < 4.78 is 10.1. The predicted molar refractivity (Wildman–Crippen MR) is 91.9 cm³/mol. The lowest BCUT2D eigenvalue weighted by Crippen LogP contribution is -2.39. The van der Waals surface area contributed by atoms with Crippen molar-refractivity contribution in [1.29, 1.82) is 0 Å². The molecule has 0 bridgehead atoms. The fourth-order valence-corrected chi connectivity index (χ4v) is 2.41. The number of rotatable bonds is 10. The van der Waals surface area contributed by atoms with E-state index in [-0.39, 0.29) is 13.0 Å². The van der Waals surface area contributed by atoms with Crippen LogP contribution in [0.5, 0.6) is 0 Å². The van der Waals surface area contributed by atoms with Crippen molar-refractivity contribution in [2.75, 3.05) is 6.61 Å². The van der Waals surface area contributed by atoms with E-state index in [1.54, 1.807) is 13.8 Å². The number of carbonyl (C=O) groups is 3. The van der Waals surface area contributed by atoms with Gasteiger partial charge in [-0.3, -0.25) is 14.4 Å². The van der Waals surface area contributed by atoms with E-state index >= 15 is 0 Å². The number of ether oxygens (including phenoxy) is 2. The maximum atomic E-state index is 12.4. The Morgan fingerprint density at radius 3 is 2.24 bits per heavy atom. The van der Waals surface area contributed by atoms with Crippen LogP contribution in [-0.2, 0) is 30.3 Å². The van der Waals surface area contributed by atoms with Crippen molar-refractivity contribution >= 4 is 17.9 Å². The molecule has 1 N–H and O–H groups in total. The van der Waals surface area contributed by atoms with Crippen molar-refractivity contribution < 1.29 is 29.0 Å². The molecule has 0 fully saturated rings. The smallest absolute Gasteiger partial charge is 0.321 e. The van der Waals surface area contributed by atoms with Crippen molar-refractivity contribution in [1.82, 2.24) is 0 Å². The van der Waals surface area contributed by atoms with E-state index in [4.69, 9.17) is 9.47 Å². The third-order valence-corrected chi connectivity index (χ3v) is 3.99. The van der Waals surface area contributed by atoms with Crippen LogP contribution in [0.3, 0.4) is 0 Å². The number of hydrogen-bond donors (Lipinski definition) is 1. The molecule has 0 spiro atoms. The molecule has 1 aromatic rings. The number of carboxylic acids is 1. The lowest BCUT2D eigenvalue weighted by atomic mass is 9.87. The lowest BCUT2D eigenvalue weighted by molar-refractivity contribution is -0.172. The average Bonchev–Trinajstić information content (AvgIpc) is 2.58. The van der Waals surface area contributed by atoms with Gasteiger partial charge in [0.25, 0.3) is 0 Å². The molecule has 0 amide bonds. The second-order valence-corrected chi connectivity index (χ2v) is 5.85. The quantitative estimate of drug-likeness (QED) is 0.515. The van der Waals surface area contributed by atoms with E-state index in [0.717, 1.165) is 5.56 Å². The summed E-state index contributed by atoms with van der Waals surface area (Å²) in [6.07, 6.45) is 0.749. The number of carbonyl (C=O) groups excluding carboxylic acids is 2. The Labute approximate surface area is 148 Å². The molecule has 25 heavy (non-hydrogen) atoms. The van der Waals surface area contributed by atoms with Gasteiger partial charge in [0, 0.05) is 0 Å². The lowest BCUT2D eigenvalue weighted by Gasteiger charge is -2.22. The van der Waals surface area contributed by atoms with Gasteiger partial charge in [0.15, 0.2) is 5.92 Å². The number of esters is 2. The van der Waals surface area contributed by atoms with Crippen LogP contribution in [0, 0.1) is 11.8 Å². The van der Waals surface area contributed by atoms with Crippen LogP contribution in [0.25, 0.3) is 0 Å². The Morgan fingerprint density at radius 2 is 1.72 bits per heavy atom. The Hall–Kier alpha value is -2.37. The number of carboxylic acid groups (broad SMARTS) is 1. The van der Waals surface area contributed by atoms with Crippen LogP contribution < -0.4 is 0 Å². The molecule has 6 nitrogen and oxygen atoms in total. The summed E-state index contributed by atoms with van der Waals surface area (Å²) in [5.41, 5.74) is 0.937. The zero-order chi connectivity index (χ0) is 18.8. The molecule has 1 rings (SSSR count). The topological polar surface area (TPSA) is 89.9 Å². The van der Waals surface area contributed by atoms with Gasteiger partial charge >= 0.3 is 17.9 Å². The Kier molecular flexibility index (Phi) is 8.67. The summed E-state index contributed by atoms with van der Waals surface area (Å²) in [5, 5.41) is 9.56. The van der Waals surface area contributed by atoms with E-state index in [1.165, 1.54) is 0 Å². The van der Waals surface area contributed by atoms with Crippen LogP contribution in [0.2, 0.25) is 0 Å². The average molecular weight is 350 g/mol. The minimum atomic E-state index is -1.46. The molecule has 6 heteroatoms. The fourth-order valence-electron chi connectivity index (χ4n) is 2.41. The van der Waals surface area contributed by atoms with Crippen molar-refractivity contribution in [2.45, 2.75) is 46.1 Å². The van der Waals surface area contributed by atoms with Crippen molar-refractivity contribution in [3.63, 3.8) is 0 Å². The summed E-state index contributed by atoms with van der Waals surface area (Å²) in [6.45, 7) is 5.20. The van der Waals surface area contributed by atoms with Gasteiger partial charge in [0.1, 0.15) is 0 Å². The van der Waals surface area contributed by atoms with Gasteiger partial charge in [-0.15, -0.1) is 0 Å². The highest BCUT2D eigenvalue weighted by atomic mass is 16.6. The molecule has 0 saturated heterocycles. The minimum absolute atomic E-state index is 0.0664. The van der Waals surface area contributed by atoms with Gasteiger partial charge in [-0.1, -0.05) is 37.3 Å². The highest BCUT2D eigenvalue weighted by molar-refractivity contribution is 5.99. The molecule has 0 saturated carbocycles. The van der Waals surface area contributed by atoms with Crippen molar-refractivity contribution in [3.05, 3.63) is 35.9 Å². The van der Waals surface area contributed by atoms with Crippen molar-refractivity contribution in [3.8, 4) is 0 Å². The first-order valence-electron chi connectivity index (χ1n) is 8.54. The Balaban J connectivity index is 2.97. The number of aliphatic carboxylic acids is 1. The highest BCUT2D eigenvalue weighted by Gasteiger charge is 2.42. The third-order valence-electron chi connectivity index (χ3n) is 3.99. The second-order valence-electron chi connectivity index (χ2n) is 5.85. The van der Waals surface area contributed by atoms with Gasteiger partial charge in [-0.2, -0.15) is 0 Å². The van der Waals surface area contributed by atoms with Crippen LogP contribution in [0.15, 0.2) is 30.3 Å². The van der Waals surface area contributed by atoms with Gasteiger partial charge in [-0.05, 0) is 38.7 Å². The number of benzene rings is 1. The predicted octanol–water partition coefficient (Wildman–Crippen LogP) is 2.84. The van der Waals surface area contributed by atoms with Crippen LogP contribution >= 0.6 is 0 Å². The number of aryl methyl sites for hydroxylation is 1. The summed E-state index contributed by atoms with van der Waals surface area (Å²) in [4.78, 5) is 36.3. The van der Waals surface area contributed by atoms with E-state index in [1.807, 2.05) is 37.3 Å². The molecule has 0 aliphatic rings. The summed E-state index contributed by atoms with van der Waals surface area (Å²) in [6, 6.07) is 9.31. The molecule has 0 radical (unpaired) electrons. The zero-order valence-electron chi connectivity index (χ0n) is 14.9. The van der Waals surface area contributed by atoms with E-state index in [9.17, 15) is 19.5 Å². The summed E-state index contributed by atoms with van der Waals surface area (Å²) >= 11 is 0. The molecule has 0 aliphatic heterocycles. The third kappa shape index (κ3) is 6.57. The van der Waals surface area contributed by atoms with Crippen LogP contribution in [0.1, 0.15) is 39.2 Å². The van der Waals surface area contributed by atoms with E-state index in [0.29, 0.717) is 12.8 Å². The number of hydrogen-bond acceptors (Lipinski definition) is 5. The molecular weight excluding hydrogens is 324 g/mol. The molecule has 3 unspecified atom stereocenters. The maximum Gasteiger partial charge on any atom is 0.321 e. The molecule has 0 aliphatic carbocycles. The van der Waals surface area contributed by atoms with E-state index < -0.39 is 35.8 Å². The normalized spacial score (nSPS) is 14.2. The van der Waals surface area contributed by atoms with Crippen LogP contribution in [0.4, 0.5) is 0 Å². The van der Waals surface area contributed by atoms with Gasteiger partial charge in [0.05, 0.1) is 18.6 Å². The second kappa shape index (κ2) is 10.5. The maximum absolute atomic E-state index is 12.4. The SMILES string of the molecule is CCOC(=O)C(C(=O)OC(C)CC)C(CCc1ccccc1)C(=O)O. The first-order chi connectivity index (χ1) is 11.9. The summed E-state index contributed by atoms with van der Waals surface area (Å²) in [7, 11) is 0. The summed E-state index contributed by atoms with van der Waals surface area (Å²) in [5.74, 6) is -5.56. The monoisotopic (exact) mass is 350 g/mol. The molecule has 3 atom stereocenters. The van der Waals surface area contributed by atoms with E-state index in [2.05, 4.69) is 0 Å². The highest BCUT2D eigenvalue weighted by Crippen LogP contribution is 2.23. The van der Waals surface area contributed by atoms with Gasteiger partial charge in [-0.25, -0.2) is 0 Å². The first-order valence-corrected chi connectivity index (χ1v) is 8.54. The van der Waals surface area contributed by atoms with Crippen molar-refractivity contribution in [2.24, 2.45) is 11.8 Å². The minimum Gasteiger partial charge on any atom is -0.481 e. The zero-order valence-corrected chi connectivity index (χ0v) is 14.9. The molecule has 0 heterocycles. The molecule has 0 aromatic heterocycles. The standard InChI is InChI=1S/C19H26O6/c1-4-13(3)25-19(23)16(18(22)24-5-2)15(17(20)21)12-11-14-9-7-6-8-10-14/h6-10,13,15-16H,4-5,11-12H2,1-3H3,(H,20,21). The fraction of sp³-hybridized carbons (Fsp3) is 0.526. The molecular formula is C19H26O6. The molecule has 138 valence electrons. The van der Waals surface area contributed by atoms with Gasteiger partial charge in [0.2, 0.25) is 0 Å². The van der Waals surface area contributed by atoms with Crippen LogP contribution in [-0.4, -0.2) is 35.7 Å². The Morgan fingerprint density at radius 1 is 1.08 bits per heavy atom. The Bertz CT molecular complexity index is 569. The van der Waals surface area contributed by atoms with Gasteiger partial charge < -0.3 is 14.6 Å². The molecule has 1 aromatic carbocycles. The first kappa shape index (κ1) is 20.7.